The molecule has 3 rings (SSSR count). The number of esters is 1. The Balaban J connectivity index is 1.59. The highest BCUT2D eigenvalue weighted by molar-refractivity contribution is 7.90. The number of halogens is 1. The third-order valence-corrected chi connectivity index (χ3v) is 6.27. The quantitative estimate of drug-likeness (QED) is 0.478. The number of carbonyl (C=O) groups is 2. The molecule has 1 atom stereocenters. The van der Waals surface area contributed by atoms with Crippen LogP contribution in [-0.2, 0) is 31.7 Å². The molecule has 1 amide bonds. The number of hydrogen-bond donors (Lipinski definition) is 0. The molecule has 7 nitrogen and oxygen atoms in total. The van der Waals surface area contributed by atoms with E-state index in [0.29, 0.717) is 5.56 Å². The Bertz CT molecular complexity index is 1210. The maximum absolute atomic E-state index is 13.3. The Morgan fingerprint density at radius 1 is 1.06 bits per heavy atom. The fourth-order valence-corrected chi connectivity index (χ4v) is 4.30. The van der Waals surface area contributed by atoms with Crippen LogP contribution < -0.4 is 0 Å². The smallest absolute Gasteiger partial charge is 0.375 e. The van der Waals surface area contributed by atoms with E-state index in [4.69, 9.17) is 9.15 Å². The summed E-state index contributed by atoms with van der Waals surface area (Å²) in [7, 11) is -2.13. The highest BCUT2D eigenvalue weighted by atomic mass is 32.2. The van der Waals surface area contributed by atoms with Crippen LogP contribution in [0.2, 0.25) is 0 Å². The van der Waals surface area contributed by atoms with E-state index in [2.05, 4.69) is 0 Å². The van der Waals surface area contributed by atoms with Gasteiger partial charge in [0.05, 0.1) is 4.90 Å². The Kier molecular flexibility index (Phi) is 7.09. The molecule has 1 unspecified atom stereocenters. The number of likely N-dealkylation sites (N-methyl/N-ethyl adjacent to an activating group) is 1. The Morgan fingerprint density at radius 2 is 1.78 bits per heavy atom. The zero-order valence-electron chi connectivity index (χ0n) is 17.5. The summed E-state index contributed by atoms with van der Waals surface area (Å²) in [6.45, 7) is 1.55. The normalized spacial score (nSPS) is 12.2. The van der Waals surface area contributed by atoms with Gasteiger partial charge in [-0.3, -0.25) is 4.79 Å². The van der Waals surface area contributed by atoms with Crippen molar-refractivity contribution in [3.05, 3.63) is 89.6 Å². The summed E-state index contributed by atoms with van der Waals surface area (Å²) in [6, 6.07) is 16.4. The van der Waals surface area contributed by atoms with Crippen molar-refractivity contribution < 1.29 is 31.6 Å². The number of furan rings is 1. The molecule has 168 valence electrons. The largest absolute Gasteiger partial charge is 0.453 e. The summed E-state index contributed by atoms with van der Waals surface area (Å²) in [4.78, 5) is 26.3. The number of carbonyl (C=O) groups excluding carboxylic acids is 2. The van der Waals surface area contributed by atoms with Crippen molar-refractivity contribution in [2.45, 2.75) is 30.2 Å². The van der Waals surface area contributed by atoms with Crippen LogP contribution in [0.3, 0.4) is 0 Å². The van der Waals surface area contributed by atoms with Gasteiger partial charge in [-0.25, -0.2) is 17.6 Å². The molecule has 2 aromatic carbocycles. The summed E-state index contributed by atoms with van der Waals surface area (Å²) in [5.41, 5.74) is 0.592. The van der Waals surface area contributed by atoms with Crippen molar-refractivity contribution in [3.63, 3.8) is 0 Å². The molecule has 0 aliphatic rings. The minimum atomic E-state index is -3.64. The van der Waals surface area contributed by atoms with E-state index in [1.54, 1.807) is 30.3 Å². The van der Waals surface area contributed by atoms with E-state index >= 15 is 0 Å². The maximum Gasteiger partial charge on any atom is 0.375 e. The van der Waals surface area contributed by atoms with Gasteiger partial charge in [0.1, 0.15) is 17.3 Å². The fourth-order valence-electron chi connectivity index (χ4n) is 3.03. The van der Waals surface area contributed by atoms with Crippen molar-refractivity contribution in [1.82, 2.24) is 4.90 Å². The van der Waals surface area contributed by atoms with E-state index in [-0.39, 0.29) is 23.0 Å². The Morgan fingerprint density at radius 3 is 2.47 bits per heavy atom. The minimum Gasteiger partial charge on any atom is -0.453 e. The molecule has 0 saturated carbocycles. The SMILES string of the molecule is CC(OC(=O)c1ccc(CS(=O)(=O)c2ccccc2)o1)C(=O)N(C)Cc1cccc(F)c1. The molecule has 0 aliphatic carbocycles. The molecule has 9 heteroatoms. The lowest BCUT2D eigenvalue weighted by molar-refractivity contribution is -0.139. The van der Waals surface area contributed by atoms with E-state index in [0.717, 1.165) is 0 Å². The third-order valence-electron chi connectivity index (χ3n) is 4.61. The standard InChI is InChI=1S/C23H22FNO6S/c1-16(22(26)25(2)14-17-7-6-8-18(24)13-17)30-23(27)21-12-11-19(31-21)15-32(28,29)20-9-4-3-5-10-20/h3-13,16H,14-15H2,1-2H3. The van der Waals surface area contributed by atoms with Crippen LogP contribution in [0.15, 0.2) is 76.0 Å². The lowest BCUT2D eigenvalue weighted by atomic mass is 10.2. The molecular formula is C23H22FNO6S. The molecule has 32 heavy (non-hydrogen) atoms. The summed E-state index contributed by atoms with van der Waals surface area (Å²) in [6.07, 6.45) is -1.12. The van der Waals surface area contributed by atoms with Crippen LogP contribution in [0.5, 0.6) is 0 Å². The predicted molar refractivity (Wildman–Crippen MR) is 114 cm³/mol. The van der Waals surface area contributed by atoms with Gasteiger partial charge >= 0.3 is 5.97 Å². The highest BCUT2D eigenvalue weighted by Crippen LogP contribution is 2.19. The molecule has 0 N–H and O–H groups in total. The number of benzene rings is 2. The molecule has 1 heterocycles. The van der Waals surface area contributed by atoms with E-state index in [1.807, 2.05) is 0 Å². The topological polar surface area (TPSA) is 93.9 Å². The van der Waals surface area contributed by atoms with Gasteiger partial charge in [0.2, 0.25) is 5.76 Å². The monoisotopic (exact) mass is 459 g/mol. The van der Waals surface area contributed by atoms with Crippen LogP contribution in [0.25, 0.3) is 0 Å². The number of nitrogens with zero attached hydrogens (tertiary/aromatic N) is 1. The number of amides is 1. The molecule has 0 spiro atoms. The molecule has 3 aromatic rings. The predicted octanol–water partition coefficient (Wildman–Crippen LogP) is 3.60. The Labute approximate surface area is 185 Å². The molecule has 0 saturated heterocycles. The summed E-state index contributed by atoms with van der Waals surface area (Å²) in [5.74, 6) is -2.35. The van der Waals surface area contributed by atoms with Gasteiger partial charge in [-0.15, -0.1) is 0 Å². The number of ether oxygens (including phenoxy) is 1. The van der Waals surface area contributed by atoms with E-state index < -0.39 is 39.4 Å². The molecular weight excluding hydrogens is 437 g/mol. The first kappa shape index (κ1) is 23.2. The Hall–Kier alpha value is -3.46. The van der Waals surface area contributed by atoms with Gasteiger partial charge in [-0.05, 0) is 48.9 Å². The zero-order chi connectivity index (χ0) is 23.3. The number of sulfone groups is 1. The average Bonchev–Trinajstić information content (AvgIpc) is 3.21. The highest BCUT2D eigenvalue weighted by Gasteiger charge is 2.25. The molecule has 0 bridgehead atoms. The molecule has 0 aliphatic heterocycles. The zero-order valence-corrected chi connectivity index (χ0v) is 18.3. The van der Waals surface area contributed by atoms with Crippen molar-refractivity contribution >= 4 is 21.7 Å². The summed E-state index contributed by atoms with van der Waals surface area (Å²) >= 11 is 0. The lowest BCUT2D eigenvalue weighted by Gasteiger charge is -2.21. The first-order valence-corrected chi connectivity index (χ1v) is 11.4. The fraction of sp³-hybridized carbons (Fsp3) is 0.217. The molecule has 1 aromatic heterocycles. The van der Waals surface area contributed by atoms with Crippen LogP contribution in [-0.4, -0.2) is 38.3 Å². The van der Waals surface area contributed by atoms with Crippen molar-refractivity contribution in [2.75, 3.05) is 7.05 Å². The van der Waals surface area contributed by atoms with Gasteiger partial charge in [-0.2, -0.15) is 0 Å². The van der Waals surface area contributed by atoms with Gasteiger partial charge in [0, 0.05) is 13.6 Å². The lowest BCUT2D eigenvalue weighted by Crippen LogP contribution is -2.37. The van der Waals surface area contributed by atoms with Crippen LogP contribution in [0, 0.1) is 5.82 Å². The van der Waals surface area contributed by atoms with Crippen molar-refractivity contribution in [2.24, 2.45) is 0 Å². The van der Waals surface area contributed by atoms with Gasteiger partial charge < -0.3 is 14.1 Å². The first-order valence-electron chi connectivity index (χ1n) is 9.72. The van der Waals surface area contributed by atoms with E-state index in [1.165, 1.54) is 55.3 Å². The van der Waals surface area contributed by atoms with Gasteiger partial charge in [-0.1, -0.05) is 30.3 Å². The second-order valence-corrected chi connectivity index (χ2v) is 9.20. The minimum absolute atomic E-state index is 0.0722. The van der Waals surface area contributed by atoms with Gasteiger partial charge in [0.25, 0.3) is 5.91 Å². The number of hydrogen-bond acceptors (Lipinski definition) is 6. The molecule has 0 radical (unpaired) electrons. The summed E-state index contributed by atoms with van der Waals surface area (Å²) < 4.78 is 48.7. The second kappa shape index (κ2) is 9.78. The van der Waals surface area contributed by atoms with E-state index in [9.17, 15) is 22.4 Å². The second-order valence-electron chi connectivity index (χ2n) is 7.21. The summed E-state index contributed by atoms with van der Waals surface area (Å²) in [5, 5.41) is 0. The third kappa shape index (κ3) is 5.82. The number of rotatable bonds is 8. The average molecular weight is 459 g/mol. The molecule has 0 fully saturated rings. The van der Waals surface area contributed by atoms with Crippen molar-refractivity contribution in [1.29, 1.82) is 0 Å². The van der Waals surface area contributed by atoms with Gasteiger partial charge in [0.15, 0.2) is 15.9 Å². The first-order chi connectivity index (χ1) is 15.2. The van der Waals surface area contributed by atoms with Crippen molar-refractivity contribution in [3.8, 4) is 0 Å². The maximum atomic E-state index is 13.3. The van der Waals surface area contributed by atoms with Crippen LogP contribution >= 0.6 is 0 Å². The van der Waals surface area contributed by atoms with Crippen LogP contribution in [0.4, 0.5) is 4.39 Å². The van der Waals surface area contributed by atoms with Crippen LogP contribution in [0.1, 0.15) is 28.8 Å².